The highest BCUT2D eigenvalue weighted by molar-refractivity contribution is 6.38. The summed E-state index contributed by atoms with van der Waals surface area (Å²) in [5, 5.41) is 4.94. The molecule has 0 unspecified atom stereocenters. The molecular formula is C15H11Cl2N3O2. The van der Waals surface area contributed by atoms with Gasteiger partial charge in [-0.1, -0.05) is 53.5 Å². The second-order valence-corrected chi connectivity index (χ2v) is 5.27. The lowest BCUT2D eigenvalue weighted by molar-refractivity contribution is -0.128. The molecule has 112 valence electrons. The van der Waals surface area contributed by atoms with Crippen LogP contribution in [0.25, 0.3) is 16.8 Å². The molecule has 0 aliphatic rings. The Morgan fingerprint density at radius 1 is 1.23 bits per heavy atom. The topological polar surface area (TPSA) is 56.5 Å². The van der Waals surface area contributed by atoms with Crippen LogP contribution in [-0.2, 0) is 16.0 Å². The Morgan fingerprint density at radius 3 is 2.73 bits per heavy atom. The maximum absolute atomic E-state index is 10.2. The third-order valence-corrected chi connectivity index (χ3v) is 3.86. The molecule has 3 rings (SSSR count). The molecular weight excluding hydrogens is 325 g/mol. The molecule has 2 aromatic heterocycles. The highest BCUT2D eigenvalue weighted by Gasteiger charge is 2.17. The molecule has 0 saturated heterocycles. The van der Waals surface area contributed by atoms with Crippen molar-refractivity contribution in [3.63, 3.8) is 0 Å². The van der Waals surface area contributed by atoms with E-state index in [1.54, 1.807) is 6.20 Å². The van der Waals surface area contributed by atoms with Gasteiger partial charge >= 0.3 is 0 Å². The number of nitrogens with zero attached hydrogens (tertiary/aromatic N) is 3. The molecule has 0 N–H and O–H groups in total. The minimum Gasteiger partial charge on any atom is -0.468 e. The molecule has 0 amide bonds. The molecule has 0 spiro atoms. The summed E-state index contributed by atoms with van der Waals surface area (Å²) < 4.78 is 6.23. The number of aromatic nitrogens is 3. The number of carbonyl (C=O) groups excluding carboxylic acids is 1. The number of fused-ring (bicyclic) bond motifs is 1. The van der Waals surface area contributed by atoms with E-state index >= 15 is 0 Å². The first kappa shape index (κ1) is 14.8. The molecule has 5 nitrogen and oxygen atoms in total. The number of rotatable bonds is 5. The van der Waals surface area contributed by atoms with Gasteiger partial charge in [0.25, 0.3) is 6.47 Å². The lowest BCUT2D eigenvalue weighted by Crippen LogP contribution is -2.00. The molecule has 0 aliphatic heterocycles. The van der Waals surface area contributed by atoms with Crippen LogP contribution in [0.1, 0.15) is 5.56 Å². The summed E-state index contributed by atoms with van der Waals surface area (Å²) in [4.78, 5) is 14.6. The normalized spacial score (nSPS) is 10.8. The highest BCUT2D eigenvalue weighted by Crippen LogP contribution is 2.34. The summed E-state index contributed by atoms with van der Waals surface area (Å²) in [6.07, 6.45) is 2.14. The van der Waals surface area contributed by atoms with Crippen LogP contribution in [-0.4, -0.2) is 27.7 Å². The van der Waals surface area contributed by atoms with Crippen molar-refractivity contribution in [2.45, 2.75) is 6.42 Å². The molecule has 0 bridgehead atoms. The molecule has 0 aliphatic carbocycles. The predicted molar refractivity (Wildman–Crippen MR) is 84.2 cm³/mol. The number of hydrogen-bond donors (Lipinski definition) is 0. The van der Waals surface area contributed by atoms with E-state index in [-0.39, 0.29) is 6.61 Å². The Hall–Kier alpha value is -2.11. The zero-order valence-corrected chi connectivity index (χ0v) is 12.9. The smallest absolute Gasteiger partial charge is 0.293 e. The molecule has 0 saturated carbocycles. The number of ether oxygens (including phenoxy) is 1. The zero-order valence-electron chi connectivity index (χ0n) is 11.4. The van der Waals surface area contributed by atoms with Crippen LogP contribution in [0.5, 0.6) is 0 Å². The predicted octanol–water partition coefficient (Wildman–Crippen LogP) is 3.42. The van der Waals surface area contributed by atoms with Gasteiger partial charge in [-0.25, -0.2) is 9.50 Å². The Labute approximate surface area is 136 Å². The standard InChI is InChI=1S/C15H11Cl2N3O2/c16-13-12(10-4-2-1-3-5-10)14(17)20-15(19-13)11(8-18-20)6-7-22-9-21/h1-5,8-9H,6-7H2. The van der Waals surface area contributed by atoms with Gasteiger partial charge in [-0.2, -0.15) is 5.10 Å². The SMILES string of the molecule is O=COCCc1cnn2c(Cl)c(-c3ccccc3)c(Cl)nc12. The number of carbonyl (C=O) groups is 1. The van der Waals surface area contributed by atoms with Crippen LogP contribution < -0.4 is 0 Å². The summed E-state index contributed by atoms with van der Waals surface area (Å²) in [5.74, 6) is 0. The van der Waals surface area contributed by atoms with Crippen LogP contribution in [0.2, 0.25) is 10.3 Å². The van der Waals surface area contributed by atoms with E-state index in [2.05, 4.69) is 10.1 Å². The Bertz CT molecular complexity index is 819. The first-order valence-electron chi connectivity index (χ1n) is 6.54. The molecule has 2 heterocycles. The third kappa shape index (κ3) is 2.65. The van der Waals surface area contributed by atoms with E-state index in [0.717, 1.165) is 11.1 Å². The van der Waals surface area contributed by atoms with Gasteiger partial charge in [-0.15, -0.1) is 0 Å². The van der Waals surface area contributed by atoms with Crippen LogP contribution in [0.4, 0.5) is 0 Å². The third-order valence-electron chi connectivity index (χ3n) is 3.24. The van der Waals surface area contributed by atoms with Gasteiger partial charge in [0.15, 0.2) is 5.65 Å². The number of hydrogen-bond acceptors (Lipinski definition) is 4. The Kier molecular flexibility index (Phi) is 4.27. The molecule has 0 fully saturated rings. The van der Waals surface area contributed by atoms with Crippen molar-refractivity contribution in [2.24, 2.45) is 0 Å². The van der Waals surface area contributed by atoms with Crippen LogP contribution >= 0.6 is 23.2 Å². The van der Waals surface area contributed by atoms with Gasteiger partial charge in [0.1, 0.15) is 10.3 Å². The van der Waals surface area contributed by atoms with Crippen LogP contribution in [0, 0.1) is 0 Å². The monoisotopic (exact) mass is 335 g/mol. The second-order valence-electron chi connectivity index (χ2n) is 4.56. The number of benzene rings is 1. The first-order chi connectivity index (χ1) is 10.7. The fourth-order valence-corrected chi connectivity index (χ4v) is 2.86. The van der Waals surface area contributed by atoms with Crippen molar-refractivity contribution in [2.75, 3.05) is 6.61 Å². The fraction of sp³-hybridized carbons (Fsp3) is 0.133. The van der Waals surface area contributed by atoms with Gasteiger partial charge in [0.05, 0.1) is 18.4 Å². The lowest BCUT2D eigenvalue weighted by atomic mass is 10.1. The largest absolute Gasteiger partial charge is 0.468 e. The van der Waals surface area contributed by atoms with Crippen molar-refractivity contribution in [3.8, 4) is 11.1 Å². The Balaban J connectivity index is 2.09. The van der Waals surface area contributed by atoms with E-state index in [4.69, 9.17) is 27.9 Å². The quantitative estimate of drug-likeness (QED) is 0.407. The zero-order chi connectivity index (χ0) is 15.5. The minimum atomic E-state index is 0.252. The molecule has 0 atom stereocenters. The fourth-order valence-electron chi connectivity index (χ4n) is 2.21. The van der Waals surface area contributed by atoms with Crippen molar-refractivity contribution in [1.82, 2.24) is 14.6 Å². The maximum atomic E-state index is 10.2. The van der Waals surface area contributed by atoms with Gasteiger partial charge in [0, 0.05) is 12.0 Å². The summed E-state index contributed by atoms with van der Waals surface area (Å²) in [6.45, 7) is 0.662. The minimum absolute atomic E-state index is 0.252. The molecule has 1 aromatic carbocycles. The molecule has 22 heavy (non-hydrogen) atoms. The van der Waals surface area contributed by atoms with Gasteiger partial charge in [-0.3, -0.25) is 4.79 Å². The lowest BCUT2D eigenvalue weighted by Gasteiger charge is -2.09. The van der Waals surface area contributed by atoms with E-state index in [0.29, 0.717) is 34.4 Å². The van der Waals surface area contributed by atoms with E-state index in [1.807, 2.05) is 30.3 Å². The molecule has 0 radical (unpaired) electrons. The van der Waals surface area contributed by atoms with E-state index in [1.165, 1.54) is 4.52 Å². The summed E-state index contributed by atoms with van der Waals surface area (Å²) in [6, 6.07) is 9.52. The van der Waals surface area contributed by atoms with Crippen molar-refractivity contribution in [3.05, 3.63) is 52.4 Å². The molecule has 7 heteroatoms. The first-order valence-corrected chi connectivity index (χ1v) is 7.30. The van der Waals surface area contributed by atoms with Crippen LogP contribution in [0.15, 0.2) is 36.5 Å². The Morgan fingerprint density at radius 2 is 2.00 bits per heavy atom. The summed E-state index contributed by atoms with van der Waals surface area (Å²) in [7, 11) is 0. The van der Waals surface area contributed by atoms with Gasteiger partial charge in [0.2, 0.25) is 0 Å². The average molecular weight is 336 g/mol. The average Bonchev–Trinajstić information content (AvgIpc) is 2.92. The summed E-state index contributed by atoms with van der Waals surface area (Å²) in [5.41, 5.74) is 2.87. The highest BCUT2D eigenvalue weighted by atomic mass is 35.5. The van der Waals surface area contributed by atoms with Crippen molar-refractivity contribution in [1.29, 1.82) is 0 Å². The van der Waals surface area contributed by atoms with E-state index in [9.17, 15) is 4.79 Å². The second kappa shape index (κ2) is 6.34. The molecule has 3 aromatic rings. The summed E-state index contributed by atoms with van der Waals surface area (Å²) >= 11 is 12.8. The van der Waals surface area contributed by atoms with Crippen LogP contribution in [0.3, 0.4) is 0 Å². The van der Waals surface area contributed by atoms with E-state index < -0.39 is 0 Å². The van der Waals surface area contributed by atoms with Crippen molar-refractivity contribution < 1.29 is 9.53 Å². The van der Waals surface area contributed by atoms with Crippen molar-refractivity contribution >= 4 is 35.3 Å². The number of halogens is 2. The van der Waals surface area contributed by atoms with Gasteiger partial charge < -0.3 is 4.74 Å². The van der Waals surface area contributed by atoms with Gasteiger partial charge in [-0.05, 0) is 5.56 Å². The maximum Gasteiger partial charge on any atom is 0.293 e.